The van der Waals surface area contributed by atoms with Crippen molar-refractivity contribution in [2.75, 3.05) is 30.6 Å². The van der Waals surface area contributed by atoms with Gasteiger partial charge in [0.1, 0.15) is 5.75 Å². The van der Waals surface area contributed by atoms with Crippen molar-refractivity contribution in [3.63, 3.8) is 0 Å². The number of amides is 1. The Hall–Kier alpha value is -1.96. The van der Waals surface area contributed by atoms with Crippen LogP contribution in [0, 0.1) is 0 Å². The Bertz CT molecular complexity index is 985. The van der Waals surface area contributed by atoms with Crippen molar-refractivity contribution in [2.45, 2.75) is 18.9 Å². The van der Waals surface area contributed by atoms with E-state index in [-0.39, 0.29) is 33.9 Å². The van der Waals surface area contributed by atoms with Crippen molar-refractivity contribution in [1.82, 2.24) is 0 Å². The van der Waals surface area contributed by atoms with Gasteiger partial charge >= 0.3 is 0 Å². The minimum absolute atomic E-state index is 0.0433. The molecule has 156 valence electrons. The second-order valence-corrected chi connectivity index (χ2v) is 9.83. The third-order valence-electron chi connectivity index (χ3n) is 4.82. The molecule has 0 bridgehead atoms. The first kappa shape index (κ1) is 21.7. The first-order valence-corrected chi connectivity index (χ1v) is 11.5. The molecule has 9 heteroatoms. The van der Waals surface area contributed by atoms with Crippen molar-refractivity contribution < 1.29 is 22.7 Å². The summed E-state index contributed by atoms with van der Waals surface area (Å²) >= 11 is 12.5. The van der Waals surface area contributed by atoms with E-state index in [1.165, 1.54) is 12.0 Å². The van der Waals surface area contributed by atoms with Gasteiger partial charge in [0.05, 0.1) is 48.2 Å². The zero-order chi connectivity index (χ0) is 21.2. The number of ether oxygens (including phenoxy) is 2. The molecule has 0 spiro atoms. The fraction of sp³-hybridized carbons (Fsp3) is 0.350. The van der Waals surface area contributed by atoms with E-state index < -0.39 is 15.9 Å². The van der Waals surface area contributed by atoms with Crippen LogP contribution in [0.1, 0.15) is 12.0 Å². The lowest BCUT2D eigenvalue weighted by molar-refractivity contribution is -0.118. The number of hydrogen-bond donors (Lipinski definition) is 0. The van der Waals surface area contributed by atoms with E-state index >= 15 is 0 Å². The molecule has 29 heavy (non-hydrogen) atoms. The van der Waals surface area contributed by atoms with Crippen LogP contribution in [-0.2, 0) is 21.1 Å². The Balaban J connectivity index is 1.95. The van der Waals surface area contributed by atoms with E-state index in [0.29, 0.717) is 23.6 Å². The maximum Gasteiger partial charge on any atom is 0.231 e. The van der Waals surface area contributed by atoms with Crippen LogP contribution in [0.15, 0.2) is 36.4 Å². The molecule has 2 aromatic rings. The highest BCUT2D eigenvalue weighted by atomic mass is 35.5. The van der Waals surface area contributed by atoms with Gasteiger partial charge in [-0.1, -0.05) is 35.3 Å². The predicted octanol–water partition coefficient (Wildman–Crippen LogP) is 3.77. The maximum absolute atomic E-state index is 13.2. The summed E-state index contributed by atoms with van der Waals surface area (Å²) in [7, 11) is -0.182. The SMILES string of the molecule is COc1ccc(CC(=O)N(c2cc(Cl)c(OC)c(Cl)c2)[C@@H]2CCS(=O)(=O)C2)cc1. The Morgan fingerprint density at radius 3 is 2.21 bits per heavy atom. The second-order valence-electron chi connectivity index (χ2n) is 6.79. The number of carbonyl (C=O) groups excluding carboxylic acids is 1. The Morgan fingerprint density at radius 2 is 1.72 bits per heavy atom. The molecule has 1 saturated heterocycles. The van der Waals surface area contributed by atoms with Gasteiger partial charge in [0, 0.05) is 5.69 Å². The zero-order valence-corrected chi connectivity index (χ0v) is 18.4. The van der Waals surface area contributed by atoms with Crippen LogP contribution >= 0.6 is 23.2 Å². The quantitative estimate of drug-likeness (QED) is 0.659. The van der Waals surface area contributed by atoms with E-state index in [0.717, 1.165) is 5.56 Å². The van der Waals surface area contributed by atoms with Gasteiger partial charge in [0.15, 0.2) is 15.6 Å². The summed E-state index contributed by atoms with van der Waals surface area (Å²) in [6, 6.07) is 9.81. The van der Waals surface area contributed by atoms with Crippen molar-refractivity contribution >= 4 is 44.6 Å². The minimum atomic E-state index is -3.20. The lowest BCUT2D eigenvalue weighted by Gasteiger charge is -2.29. The van der Waals surface area contributed by atoms with Gasteiger partial charge in [-0.3, -0.25) is 4.79 Å². The number of nitrogens with zero attached hydrogens (tertiary/aromatic N) is 1. The number of methoxy groups -OCH3 is 2. The van der Waals surface area contributed by atoms with Crippen LogP contribution in [0.2, 0.25) is 10.0 Å². The van der Waals surface area contributed by atoms with E-state index in [2.05, 4.69) is 0 Å². The number of hydrogen-bond acceptors (Lipinski definition) is 5. The summed E-state index contributed by atoms with van der Waals surface area (Å²) in [6.45, 7) is 0. The largest absolute Gasteiger partial charge is 0.497 e. The van der Waals surface area contributed by atoms with Crippen LogP contribution in [0.4, 0.5) is 5.69 Å². The molecule has 3 rings (SSSR count). The predicted molar refractivity (Wildman–Crippen MR) is 114 cm³/mol. The van der Waals surface area contributed by atoms with Crippen LogP contribution in [0.25, 0.3) is 0 Å². The summed E-state index contributed by atoms with van der Waals surface area (Å²) in [5.41, 5.74) is 1.23. The van der Waals surface area contributed by atoms with Crippen LogP contribution in [0.3, 0.4) is 0 Å². The molecule has 6 nitrogen and oxygen atoms in total. The molecule has 0 aromatic heterocycles. The maximum atomic E-state index is 13.2. The topological polar surface area (TPSA) is 72.9 Å². The van der Waals surface area contributed by atoms with Gasteiger partial charge < -0.3 is 14.4 Å². The van der Waals surface area contributed by atoms with Gasteiger partial charge in [-0.2, -0.15) is 0 Å². The van der Waals surface area contributed by atoms with E-state index in [1.54, 1.807) is 43.5 Å². The number of halogens is 2. The molecule has 1 heterocycles. The van der Waals surface area contributed by atoms with Crippen molar-refractivity contribution in [2.24, 2.45) is 0 Å². The summed E-state index contributed by atoms with van der Waals surface area (Å²) in [5, 5.41) is 0.496. The first-order chi connectivity index (χ1) is 13.7. The molecule has 0 aliphatic carbocycles. The third kappa shape index (κ3) is 4.97. The van der Waals surface area contributed by atoms with Crippen molar-refractivity contribution in [1.29, 1.82) is 0 Å². The zero-order valence-electron chi connectivity index (χ0n) is 16.0. The summed E-state index contributed by atoms with van der Waals surface area (Å²) in [4.78, 5) is 14.7. The third-order valence-corrected chi connectivity index (χ3v) is 7.13. The van der Waals surface area contributed by atoms with Gasteiger partial charge in [0.2, 0.25) is 5.91 Å². The summed E-state index contributed by atoms with van der Waals surface area (Å²) in [5.74, 6) is 0.700. The molecular formula is C20H21Cl2NO5S. The van der Waals surface area contributed by atoms with Crippen LogP contribution in [-0.4, -0.2) is 46.1 Å². The lowest BCUT2D eigenvalue weighted by Crippen LogP contribution is -2.42. The summed E-state index contributed by atoms with van der Waals surface area (Å²) < 4.78 is 34.4. The number of rotatable bonds is 6. The monoisotopic (exact) mass is 457 g/mol. The van der Waals surface area contributed by atoms with Gasteiger partial charge in [-0.25, -0.2) is 8.42 Å². The summed E-state index contributed by atoms with van der Waals surface area (Å²) in [6.07, 6.45) is 0.458. The highest BCUT2D eigenvalue weighted by Gasteiger charge is 2.36. The number of carbonyl (C=O) groups is 1. The Kier molecular flexibility index (Phi) is 6.61. The van der Waals surface area contributed by atoms with Crippen LogP contribution in [0.5, 0.6) is 11.5 Å². The molecule has 0 unspecified atom stereocenters. The number of sulfone groups is 1. The fourth-order valence-corrected chi connectivity index (χ4v) is 5.75. The standard InChI is InChI=1S/C20H21Cl2NO5S/c1-27-16-5-3-13(4-6-16)9-19(24)23(14-7-8-29(25,26)12-14)15-10-17(21)20(28-2)18(22)11-15/h3-6,10-11,14H,7-9,12H2,1-2H3/t14-/m1/s1. The Morgan fingerprint density at radius 1 is 1.10 bits per heavy atom. The van der Waals surface area contributed by atoms with Crippen LogP contribution < -0.4 is 14.4 Å². The molecular weight excluding hydrogens is 437 g/mol. The Labute approximate surface area is 180 Å². The number of benzene rings is 2. The molecule has 1 aliphatic rings. The van der Waals surface area contributed by atoms with E-state index in [1.807, 2.05) is 0 Å². The van der Waals surface area contributed by atoms with E-state index in [9.17, 15) is 13.2 Å². The fourth-order valence-electron chi connectivity index (χ4n) is 3.42. The highest BCUT2D eigenvalue weighted by molar-refractivity contribution is 7.91. The van der Waals surface area contributed by atoms with Gasteiger partial charge in [0.25, 0.3) is 0 Å². The first-order valence-electron chi connectivity index (χ1n) is 8.92. The molecule has 1 amide bonds. The average molecular weight is 458 g/mol. The molecule has 1 aliphatic heterocycles. The molecule has 1 fully saturated rings. The molecule has 0 saturated carbocycles. The van der Waals surface area contributed by atoms with Gasteiger partial charge in [-0.15, -0.1) is 0 Å². The lowest BCUT2D eigenvalue weighted by atomic mass is 10.1. The average Bonchev–Trinajstić information content (AvgIpc) is 3.01. The van der Waals surface area contributed by atoms with Gasteiger partial charge in [-0.05, 0) is 36.2 Å². The molecule has 0 radical (unpaired) electrons. The van der Waals surface area contributed by atoms with Crippen molar-refractivity contribution in [3.05, 3.63) is 52.0 Å². The van der Waals surface area contributed by atoms with E-state index in [4.69, 9.17) is 32.7 Å². The smallest absolute Gasteiger partial charge is 0.231 e. The second kappa shape index (κ2) is 8.81. The van der Waals surface area contributed by atoms with Crippen molar-refractivity contribution in [3.8, 4) is 11.5 Å². The highest BCUT2D eigenvalue weighted by Crippen LogP contribution is 2.38. The molecule has 0 N–H and O–H groups in total. The molecule has 1 atom stereocenters. The minimum Gasteiger partial charge on any atom is -0.497 e. The number of anilines is 1. The molecule has 2 aromatic carbocycles. The normalized spacial score (nSPS) is 17.7.